The van der Waals surface area contributed by atoms with Gasteiger partial charge in [-0.05, 0) is 32.3 Å². The van der Waals surface area contributed by atoms with Gasteiger partial charge in [0.25, 0.3) is 0 Å². The Kier molecular flexibility index (Phi) is 4.98. The molecule has 0 N–H and O–H groups in total. The highest BCUT2D eigenvalue weighted by Crippen LogP contribution is 2.33. The Hall–Kier alpha value is -1.86. The van der Waals surface area contributed by atoms with E-state index in [1.54, 1.807) is 6.08 Å². The molecule has 0 bridgehead atoms. The molecular formula is C17H22N2O2. The third kappa shape index (κ3) is 3.62. The SMILES string of the molecule is C=C(C)C1CC(=O)C(C)=C(N2CCO[C@@H](/C=C/C#N)C2)C1. The number of Topliss-reactive ketones (excluding diaryl/α,β-unsaturated/α-hetero) is 1. The molecule has 4 heteroatoms. The molecule has 0 aromatic rings. The van der Waals surface area contributed by atoms with Gasteiger partial charge in [-0.3, -0.25) is 4.79 Å². The number of nitriles is 1. The fourth-order valence-electron chi connectivity index (χ4n) is 2.90. The zero-order valence-electron chi connectivity index (χ0n) is 12.8. The molecule has 2 aliphatic rings. The highest BCUT2D eigenvalue weighted by molar-refractivity contribution is 5.96. The summed E-state index contributed by atoms with van der Waals surface area (Å²) >= 11 is 0. The van der Waals surface area contributed by atoms with Crippen LogP contribution in [0.1, 0.15) is 26.7 Å². The van der Waals surface area contributed by atoms with Crippen LogP contribution in [0.3, 0.4) is 0 Å². The van der Waals surface area contributed by atoms with Gasteiger partial charge in [0.2, 0.25) is 0 Å². The monoisotopic (exact) mass is 286 g/mol. The van der Waals surface area contributed by atoms with Crippen LogP contribution in [-0.2, 0) is 9.53 Å². The molecule has 4 nitrogen and oxygen atoms in total. The van der Waals surface area contributed by atoms with E-state index in [1.807, 2.05) is 19.9 Å². The van der Waals surface area contributed by atoms with Gasteiger partial charge in [0.15, 0.2) is 5.78 Å². The number of hydrogen-bond donors (Lipinski definition) is 0. The Bertz CT molecular complexity index is 539. The van der Waals surface area contributed by atoms with Crippen molar-refractivity contribution in [2.45, 2.75) is 32.8 Å². The number of rotatable bonds is 3. The van der Waals surface area contributed by atoms with E-state index in [9.17, 15) is 4.79 Å². The highest BCUT2D eigenvalue weighted by atomic mass is 16.5. The van der Waals surface area contributed by atoms with E-state index in [1.165, 1.54) is 6.08 Å². The summed E-state index contributed by atoms with van der Waals surface area (Å²) in [5.41, 5.74) is 3.07. The van der Waals surface area contributed by atoms with Crippen LogP contribution < -0.4 is 0 Å². The fraction of sp³-hybridized carbons (Fsp3) is 0.529. The molecule has 0 spiro atoms. The van der Waals surface area contributed by atoms with Gasteiger partial charge in [0.1, 0.15) is 0 Å². The van der Waals surface area contributed by atoms with Gasteiger partial charge >= 0.3 is 0 Å². The maximum Gasteiger partial charge on any atom is 0.160 e. The molecule has 1 fully saturated rings. The Morgan fingerprint density at radius 1 is 1.52 bits per heavy atom. The third-order valence-corrected chi connectivity index (χ3v) is 4.28. The van der Waals surface area contributed by atoms with Gasteiger partial charge in [-0.15, -0.1) is 0 Å². The van der Waals surface area contributed by atoms with Crippen molar-refractivity contribution < 1.29 is 9.53 Å². The van der Waals surface area contributed by atoms with E-state index in [2.05, 4.69) is 11.5 Å². The van der Waals surface area contributed by atoms with Crippen LogP contribution in [0.15, 0.2) is 35.6 Å². The summed E-state index contributed by atoms with van der Waals surface area (Å²) in [6, 6.07) is 1.99. The molecule has 1 unspecified atom stereocenters. The number of carbonyl (C=O) groups is 1. The Morgan fingerprint density at radius 3 is 2.95 bits per heavy atom. The second-order valence-corrected chi connectivity index (χ2v) is 5.79. The Balaban J connectivity index is 2.17. The molecular weight excluding hydrogens is 264 g/mol. The van der Waals surface area contributed by atoms with Crippen LogP contribution >= 0.6 is 0 Å². The van der Waals surface area contributed by atoms with Crippen LogP contribution in [-0.4, -0.2) is 36.5 Å². The van der Waals surface area contributed by atoms with Crippen LogP contribution in [0.2, 0.25) is 0 Å². The summed E-state index contributed by atoms with van der Waals surface area (Å²) in [6.07, 6.45) is 4.61. The van der Waals surface area contributed by atoms with Crippen molar-refractivity contribution in [1.82, 2.24) is 4.90 Å². The Labute approximate surface area is 126 Å². The standard InChI is InChI=1S/C17H22N2O2/c1-12(2)14-9-16(13(3)17(20)10-14)19-7-8-21-15(11-19)5-4-6-18/h4-5,14-15H,1,7-11H2,2-3H3/b5-4+/t14?,15-/m0/s1. The summed E-state index contributed by atoms with van der Waals surface area (Å²) in [4.78, 5) is 14.4. The number of hydrogen-bond acceptors (Lipinski definition) is 4. The van der Waals surface area contributed by atoms with Crippen molar-refractivity contribution >= 4 is 5.78 Å². The van der Waals surface area contributed by atoms with Gasteiger partial charge in [-0.1, -0.05) is 12.2 Å². The van der Waals surface area contributed by atoms with E-state index in [0.29, 0.717) is 19.6 Å². The van der Waals surface area contributed by atoms with Gasteiger partial charge in [-0.25, -0.2) is 0 Å². The molecule has 0 saturated carbocycles. The predicted molar refractivity (Wildman–Crippen MR) is 81.3 cm³/mol. The lowest BCUT2D eigenvalue weighted by Crippen LogP contribution is -2.43. The van der Waals surface area contributed by atoms with Crippen LogP contribution in [0.4, 0.5) is 0 Å². The van der Waals surface area contributed by atoms with Gasteiger partial charge < -0.3 is 9.64 Å². The lowest BCUT2D eigenvalue weighted by atomic mass is 9.82. The summed E-state index contributed by atoms with van der Waals surface area (Å²) in [5, 5.41) is 8.61. The molecule has 112 valence electrons. The molecule has 0 radical (unpaired) electrons. The third-order valence-electron chi connectivity index (χ3n) is 4.28. The second kappa shape index (κ2) is 6.73. The van der Waals surface area contributed by atoms with Gasteiger partial charge in [0.05, 0.1) is 18.8 Å². The minimum absolute atomic E-state index is 0.0843. The number of ketones is 1. The van der Waals surface area contributed by atoms with Crippen LogP contribution in [0.5, 0.6) is 0 Å². The van der Waals surface area contributed by atoms with Crippen molar-refractivity contribution in [3.8, 4) is 6.07 Å². The highest BCUT2D eigenvalue weighted by Gasteiger charge is 2.30. The molecule has 1 aliphatic carbocycles. The first-order chi connectivity index (χ1) is 10.0. The van der Waals surface area contributed by atoms with E-state index in [4.69, 9.17) is 10.00 Å². The maximum atomic E-state index is 12.2. The fourth-order valence-corrected chi connectivity index (χ4v) is 2.90. The molecule has 2 rings (SSSR count). The van der Waals surface area contributed by atoms with Crippen LogP contribution in [0.25, 0.3) is 0 Å². The van der Waals surface area contributed by atoms with E-state index in [-0.39, 0.29) is 17.8 Å². The van der Waals surface area contributed by atoms with Crippen molar-refractivity contribution in [2.75, 3.05) is 19.7 Å². The quantitative estimate of drug-likeness (QED) is 0.591. The maximum absolute atomic E-state index is 12.2. The largest absolute Gasteiger partial charge is 0.370 e. The first-order valence-corrected chi connectivity index (χ1v) is 7.34. The first-order valence-electron chi connectivity index (χ1n) is 7.34. The second-order valence-electron chi connectivity index (χ2n) is 5.79. The minimum Gasteiger partial charge on any atom is -0.370 e. The molecule has 1 saturated heterocycles. The van der Waals surface area contributed by atoms with E-state index in [0.717, 1.165) is 29.8 Å². The van der Waals surface area contributed by atoms with E-state index >= 15 is 0 Å². The van der Waals surface area contributed by atoms with E-state index < -0.39 is 0 Å². The number of nitrogens with zero attached hydrogens (tertiary/aromatic N) is 2. The van der Waals surface area contributed by atoms with Crippen molar-refractivity contribution in [3.63, 3.8) is 0 Å². The summed E-state index contributed by atoms with van der Waals surface area (Å²) in [7, 11) is 0. The van der Waals surface area contributed by atoms with Crippen molar-refractivity contribution in [2.24, 2.45) is 5.92 Å². The number of allylic oxidation sites excluding steroid dienone is 4. The lowest BCUT2D eigenvalue weighted by molar-refractivity contribution is -0.117. The predicted octanol–water partition coefficient (Wildman–Crippen LogP) is 2.60. The molecule has 0 aromatic carbocycles. The molecule has 2 atom stereocenters. The van der Waals surface area contributed by atoms with Gasteiger partial charge in [-0.2, -0.15) is 5.26 Å². The topological polar surface area (TPSA) is 53.3 Å². The summed E-state index contributed by atoms with van der Waals surface area (Å²) < 4.78 is 5.63. The normalized spacial score (nSPS) is 27.1. The average molecular weight is 286 g/mol. The number of morpholine rings is 1. The summed E-state index contributed by atoms with van der Waals surface area (Å²) in [6.45, 7) is 10.0. The van der Waals surface area contributed by atoms with Crippen LogP contribution in [0, 0.1) is 17.2 Å². The number of carbonyl (C=O) groups excluding carboxylic acids is 1. The first kappa shape index (κ1) is 15.5. The Morgan fingerprint density at radius 2 is 2.29 bits per heavy atom. The number of ether oxygens (including phenoxy) is 1. The molecule has 21 heavy (non-hydrogen) atoms. The molecule has 1 heterocycles. The van der Waals surface area contributed by atoms with Gasteiger partial charge in [0, 0.05) is 36.9 Å². The molecule has 1 aliphatic heterocycles. The lowest BCUT2D eigenvalue weighted by Gasteiger charge is -2.39. The zero-order chi connectivity index (χ0) is 15.4. The smallest absolute Gasteiger partial charge is 0.160 e. The van der Waals surface area contributed by atoms with Crippen molar-refractivity contribution in [3.05, 3.63) is 35.6 Å². The molecule has 0 amide bonds. The molecule has 0 aromatic heterocycles. The minimum atomic E-state index is -0.0843. The zero-order valence-corrected chi connectivity index (χ0v) is 12.8. The summed E-state index contributed by atoms with van der Waals surface area (Å²) in [5.74, 6) is 0.465. The van der Waals surface area contributed by atoms with Crippen molar-refractivity contribution in [1.29, 1.82) is 5.26 Å². The average Bonchev–Trinajstić information content (AvgIpc) is 2.47.